The van der Waals surface area contributed by atoms with Gasteiger partial charge in [0.25, 0.3) is 0 Å². The highest BCUT2D eigenvalue weighted by atomic mass is 15.0. The number of hydrogen-bond acceptors (Lipinski definition) is 1. The molecular weight excluding hydrogens is 546 g/mol. The zero-order valence-corrected chi connectivity index (χ0v) is 25.3. The number of rotatable bonds is 7. The third-order valence-electron chi connectivity index (χ3n) is 8.17. The fourth-order valence-electron chi connectivity index (χ4n) is 5.94. The van der Waals surface area contributed by atoms with E-state index in [2.05, 4.69) is 120 Å². The molecule has 7 rings (SSSR count). The SMILES string of the molecule is C=C(N=C(Cc1cccc(-c2ccc3c4ccccc4n(-c4ccccc4)c3c2)c1)N=C(C)c1ccccc1)c1ccccc1. The summed E-state index contributed by atoms with van der Waals surface area (Å²) in [6.07, 6.45) is 0.580. The molecule has 6 aromatic carbocycles. The lowest BCUT2D eigenvalue weighted by Crippen LogP contribution is -2.06. The van der Waals surface area contributed by atoms with Crippen LogP contribution in [-0.2, 0) is 6.42 Å². The van der Waals surface area contributed by atoms with Crippen LogP contribution in [0.2, 0.25) is 0 Å². The zero-order valence-electron chi connectivity index (χ0n) is 25.3. The highest BCUT2D eigenvalue weighted by Gasteiger charge is 2.13. The third-order valence-corrected chi connectivity index (χ3v) is 8.17. The summed E-state index contributed by atoms with van der Waals surface area (Å²) in [6, 6.07) is 55.0. The quantitative estimate of drug-likeness (QED) is 0.133. The Morgan fingerprint density at radius 2 is 1.18 bits per heavy atom. The normalized spacial score (nSPS) is 12.1. The van der Waals surface area contributed by atoms with Crippen LogP contribution in [0, 0.1) is 0 Å². The molecule has 0 aliphatic heterocycles. The molecule has 0 bridgehead atoms. The van der Waals surface area contributed by atoms with E-state index in [1.165, 1.54) is 27.4 Å². The fourth-order valence-corrected chi connectivity index (χ4v) is 5.94. The minimum Gasteiger partial charge on any atom is -0.309 e. The molecule has 45 heavy (non-hydrogen) atoms. The van der Waals surface area contributed by atoms with Crippen molar-refractivity contribution in [3.8, 4) is 16.8 Å². The van der Waals surface area contributed by atoms with Gasteiger partial charge in [-0.1, -0.05) is 140 Å². The Morgan fingerprint density at radius 1 is 0.556 bits per heavy atom. The van der Waals surface area contributed by atoms with Crippen molar-refractivity contribution in [2.45, 2.75) is 13.3 Å². The zero-order chi connectivity index (χ0) is 30.6. The van der Waals surface area contributed by atoms with Crippen LogP contribution in [0.3, 0.4) is 0 Å². The molecule has 0 spiro atoms. The Labute approximate surface area is 264 Å². The summed E-state index contributed by atoms with van der Waals surface area (Å²) in [7, 11) is 0. The highest BCUT2D eigenvalue weighted by Crippen LogP contribution is 2.35. The standard InChI is InChI=1S/C42H33N3/c1-30(33-16-6-3-7-17-33)43-42(44-31(2)34-18-8-4-9-19-34)28-32-15-14-20-35(27-32)36-25-26-39-38-23-12-13-24-40(38)45(41(39)29-36)37-21-10-5-11-22-37/h3-27,29H,1,28H2,2H3. The van der Waals surface area contributed by atoms with Crippen LogP contribution in [0.15, 0.2) is 174 Å². The van der Waals surface area contributed by atoms with Gasteiger partial charge in [-0.3, -0.25) is 0 Å². The molecule has 0 amide bonds. The van der Waals surface area contributed by atoms with Crippen molar-refractivity contribution in [2.75, 3.05) is 0 Å². The van der Waals surface area contributed by atoms with E-state index in [1.54, 1.807) is 0 Å². The Hall–Kier alpha value is -5.80. The molecule has 0 saturated carbocycles. The van der Waals surface area contributed by atoms with Gasteiger partial charge in [0.1, 0.15) is 5.84 Å². The lowest BCUT2D eigenvalue weighted by atomic mass is 10.00. The average Bonchev–Trinajstić information content (AvgIpc) is 3.43. The van der Waals surface area contributed by atoms with Crippen LogP contribution in [0.5, 0.6) is 0 Å². The van der Waals surface area contributed by atoms with Gasteiger partial charge in [-0.25, -0.2) is 9.98 Å². The summed E-state index contributed by atoms with van der Waals surface area (Å²) >= 11 is 0. The van der Waals surface area contributed by atoms with Crippen molar-refractivity contribution in [3.63, 3.8) is 0 Å². The lowest BCUT2D eigenvalue weighted by Gasteiger charge is -2.10. The van der Waals surface area contributed by atoms with Gasteiger partial charge in [0.05, 0.1) is 16.7 Å². The molecule has 0 aliphatic rings. The maximum absolute atomic E-state index is 5.02. The first kappa shape index (κ1) is 28.0. The predicted octanol–water partition coefficient (Wildman–Crippen LogP) is 10.6. The molecule has 0 saturated heterocycles. The van der Waals surface area contributed by atoms with Crippen LogP contribution in [0.25, 0.3) is 44.3 Å². The molecule has 0 atom stereocenters. The topological polar surface area (TPSA) is 29.6 Å². The second kappa shape index (κ2) is 12.4. The van der Waals surface area contributed by atoms with Crippen molar-refractivity contribution < 1.29 is 0 Å². The van der Waals surface area contributed by atoms with Gasteiger partial charge < -0.3 is 4.57 Å². The summed E-state index contributed by atoms with van der Waals surface area (Å²) in [6.45, 7) is 6.31. The third kappa shape index (κ3) is 5.89. The molecule has 216 valence electrons. The second-order valence-electron chi connectivity index (χ2n) is 11.2. The number of amidine groups is 1. The number of aromatic nitrogens is 1. The summed E-state index contributed by atoms with van der Waals surface area (Å²) in [5, 5.41) is 2.50. The molecule has 0 fully saturated rings. The van der Waals surface area contributed by atoms with Crippen LogP contribution in [-0.4, -0.2) is 16.1 Å². The number of para-hydroxylation sites is 2. The molecule has 3 nitrogen and oxygen atoms in total. The first-order valence-electron chi connectivity index (χ1n) is 15.2. The second-order valence-corrected chi connectivity index (χ2v) is 11.2. The van der Waals surface area contributed by atoms with Gasteiger partial charge >= 0.3 is 0 Å². The minimum absolute atomic E-state index is 0.580. The molecule has 0 N–H and O–H groups in total. The van der Waals surface area contributed by atoms with E-state index in [9.17, 15) is 0 Å². The Kier molecular flexibility index (Phi) is 7.74. The van der Waals surface area contributed by atoms with Gasteiger partial charge in [-0.2, -0.15) is 0 Å². The molecule has 7 aromatic rings. The van der Waals surface area contributed by atoms with Crippen molar-refractivity contribution in [3.05, 3.63) is 181 Å². The van der Waals surface area contributed by atoms with E-state index in [0.717, 1.165) is 39.5 Å². The summed E-state index contributed by atoms with van der Waals surface area (Å²) in [5.41, 5.74) is 10.7. The van der Waals surface area contributed by atoms with E-state index in [-0.39, 0.29) is 0 Å². The predicted molar refractivity (Wildman–Crippen MR) is 191 cm³/mol. The largest absolute Gasteiger partial charge is 0.309 e. The van der Waals surface area contributed by atoms with Crippen LogP contribution in [0.4, 0.5) is 0 Å². The van der Waals surface area contributed by atoms with Crippen LogP contribution >= 0.6 is 0 Å². The molecular formula is C42H33N3. The number of fused-ring (bicyclic) bond motifs is 3. The van der Waals surface area contributed by atoms with Gasteiger partial charge in [0.2, 0.25) is 0 Å². The maximum atomic E-state index is 5.02. The molecule has 3 heteroatoms. The molecule has 0 unspecified atom stereocenters. The molecule has 0 aliphatic carbocycles. The first-order chi connectivity index (χ1) is 22.1. The van der Waals surface area contributed by atoms with Crippen molar-refractivity contribution in [2.24, 2.45) is 9.98 Å². The average molecular weight is 580 g/mol. The summed E-state index contributed by atoms with van der Waals surface area (Å²) < 4.78 is 2.36. The molecule has 1 aromatic heterocycles. The van der Waals surface area contributed by atoms with Crippen LogP contribution < -0.4 is 0 Å². The van der Waals surface area contributed by atoms with E-state index < -0.39 is 0 Å². The number of hydrogen-bond donors (Lipinski definition) is 0. The Bertz CT molecular complexity index is 2190. The monoisotopic (exact) mass is 579 g/mol. The fraction of sp³-hybridized carbons (Fsp3) is 0.0476. The Balaban J connectivity index is 1.28. The van der Waals surface area contributed by atoms with Crippen molar-refractivity contribution in [1.82, 2.24) is 4.57 Å². The number of aliphatic imine (C=N–C) groups is 2. The maximum Gasteiger partial charge on any atom is 0.133 e. The highest BCUT2D eigenvalue weighted by molar-refractivity contribution is 6.10. The number of benzene rings is 6. The van der Waals surface area contributed by atoms with E-state index in [0.29, 0.717) is 12.1 Å². The molecule has 1 heterocycles. The van der Waals surface area contributed by atoms with Crippen molar-refractivity contribution >= 4 is 39.1 Å². The minimum atomic E-state index is 0.580. The Morgan fingerprint density at radius 3 is 1.93 bits per heavy atom. The van der Waals surface area contributed by atoms with Gasteiger partial charge in [-0.15, -0.1) is 0 Å². The van der Waals surface area contributed by atoms with Crippen molar-refractivity contribution in [1.29, 1.82) is 0 Å². The van der Waals surface area contributed by atoms with Gasteiger partial charge in [0, 0.05) is 28.6 Å². The van der Waals surface area contributed by atoms with E-state index in [1.807, 2.05) is 55.5 Å². The van der Waals surface area contributed by atoms with Gasteiger partial charge in [0.15, 0.2) is 0 Å². The number of nitrogens with zero attached hydrogens (tertiary/aromatic N) is 3. The van der Waals surface area contributed by atoms with Crippen LogP contribution in [0.1, 0.15) is 23.6 Å². The van der Waals surface area contributed by atoms with E-state index in [4.69, 9.17) is 9.98 Å². The summed E-state index contributed by atoms with van der Waals surface area (Å²) in [4.78, 5) is 9.97. The molecule has 0 radical (unpaired) electrons. The summed E-state index contributed by atoms with van der Waals surface area (Å²) in [5.74, 6) is 0.724. The van der Waals surface area contributed by atoms with Gasteiger partial charge in [-0.05, 0) is 59.0 Å². The first-order valence-corrected chi connectivity index (χ1v) is 15.2. The smallest absolute Gasteiger partial charge is 0.133 e. The van der Waals surface area contributed by atoms with E-state index >= 15 is 0 Å². The lowest BCUT2D eigenvalue weighted by molar-refractivity contribution is 1.18.